The number of thioether (sulfide) groups is 1. The number of likely N-dealkylation sites (tertiary alicyclic amines) is 1. The van der Waals surface area contributed by atoms with Crippen molar-refractivity contribution in [3.8, 4) is 5.75 Å². The van der Waals surface area contributed by atoms with Crippen LogP contribution in [-0.4, -0.2) is 78.5 Å². The molecule has 1 saturated carbocycles. The van der Waals surface area contributed by atoms with Crippen molar-refractivity contribution < 1.29 is 14.9 Å². The highest BCUT2D eigenvalue weighted by Crippen LogP contribution is 2.41. The van der Waals surface area contributed by atoms with E-state index in [0.29, 0.717) is 6.42 Å². The van der Waals surface area contributed by atoms with Gasteiger partial charge in [0.25, 0.3) is 0 Å². The zero-order valence-corrected chi connectivity index (χ0v) is 22.5. The third-order valence-electron chi connectivity index (χ3n) is 8.17. The molecule has 0 amide bonds. The summed E-state index contributed by atoms with van der Waals surface area (Å²) in [4.78, 5) is 9.18. The minimum Gasteiger partial charge on any atom is -0.497 e. The van der Waals surface area contributed by atoms with Gasteiger partial charge in [0.2, 0.25) is 0 Å². The molecule has 1 aliphatic heterocycles. The van der Waals surface area contributed by atoms with Crippen LogP contribution in [-0.2, 0) is 0 Å². The number of anilines is 1. The Morgan fingerprint density at radius 3 is 2.63 bits per heavy atom. The van der Waals surface area contributed by atoms with Crippen LogP contribution in [0.25, 0.3) is 10.9 Å². The first-order valence-corrected chi connectivity index (χ1v) is 14.3. The summed E-state index contributed by atoms with van der Waals surface area (Å²) in [5, 5.41) is 23.6. The molecule has 0 spiro atoms. The third-order valence-corrected chi connectivity index (χ3v) is 9.54. The number of aromatic nitrogens is 1. The fraction of sp³-hybridized carbons (Fsp3) is 0.679. The van der Waals surface area contributed by atoms with Crippen LogP contribution in [0.1, 0.15) is 63.0 Å². The maximum atomic E-state index is 11.4. The molecule has 2 heterocycles. The highest BCUT2D eigenvalue weighted by molar-refractivity contribution is 7.99. The number of aliphatic hydroxyl groups is 2. The van der Waals surface area contributed by atoms with Crippen LogP contribution in [0.2, 0.25) is 0 Å². The molecule has 194 valence electrons. The number of hydrogen-bond acceptors (Lipinski definition) is 7. The molecule has 35 heavy (non-hydrogen) atoms. The summed E-state index contributed by atoms with van der Waals surface area (Å²) in [6.45, 7) is 3.43. The minimum absolute atomic E-state index is 0.102. The Balaban J connectivity index is 1.39. The maximum Gasteiger partial charge on any atom is 0.119 e. The van der Waals surface area contributed by atoms with Crippen molar-refractivity contribution in [3.63, 3.8) is 0 Å². The zero-order chi connectivity index (χ0) is 24.8. The van der Waals surface area contributed by atoms with Gasteiger partial charge in [-0.05, 0) is 75.2 Å². The summed E-state index contributed by atoms with van der Waals surface area (Å²) in [5.74, 6) is 1.98. The van der Waals surface area contributed by atoms with E-state index in [-0.39, 0.29) is 12.0 Å². The lowest BCUT2D eigenvalue weighted by Gasteiger charge is -2.41. The molecule has 2 fully saturated rings. The van der Waals surface area contributed by atoms with Gasteiger partial charge in [-0.15, -0.1) is 0 Å². The Morgan fingerprint density at radius 2 is 1.97 bits per heavy atom. The number of hydrogen-bond donors (Lipinski definition) is 2. The molecule has 0 radical (unpaired) electrons. The van der Waals surface area contributed by atoms with E-state index in [2.05, 4.69) is 21.6 Å². The first-order valence-electron chi connectivity index (χ1n) is 13.2. The van der Waals surface area contributed by atoms with Gasteiger partial charge in [-0.1, -0.05) is 12.8 Å². The van der Waals surface area contributed by atoms with E-state index >= 15 is 0 Å². The molecule has 1 aromatic heterocycles. The van der Waals surface area contributed by atoms with Crippen LogP contribution in [0.15, 0.2) is 24.4 Å². The highest BCUT2D eigenvalue weighted by atomic mass is 32.2. The number of pyridine rings is 1. The van der Waals surface area contributed by atoms with Crippen molar-refractivity contribution in [2.24, 2.45) is 5.41 Å². The van der Waals surface area contributed by atoms with Crippen LogP contribution in [0, 0.1) is 5.41 Å². The molecule has 6 nitrogen and oxygen atoms in total. The van der Waals surface area contributed by atoms with E-state index in [1.165, 1.54) is 31.4 Å². The summed E-state index contributed by atoms with van der Waals surface area (Å²) in [6, 6.07) is 5.82. The number of benzene rings is 1. The van der Waals surface area contributed by atoms with Crippen LogP contribution < -0.4 is 9.64 Å². The second kappa shape index (κ2) is 12.1. The zero-order valence-electron chi connectivity index (χ0n) is 21.7. The van der Waals surface area contributed by atoms with Crippen LogP contribution in [0.5, 0.6) is 5.75 Å². The number of nitrogens with zero attached hydrogens (tertiary/aromatic N) is 3. The molecular weight excluding hydrogens is 458 g/mol. The van der Waals surface area contributed by atoms with E-state index in [0.717, 1.165) is 72.0 Å². The second-order valence-corrected chi connectivity index (χ2v) is 12.1. The maximum absolute atomic E-state index is 11.4. The molecule has 1 atom stereocenters. The van der Waals surface area contributed by atoms with Crippen molar-refractivity contribution in [3.05, 3.63) is 30.0 Å². The van der Waals surface area contributed by atoms with Gasteiger partial charge in [0.15, 0.2) is 0 Å². The minimum atomic E-state index is -0.630. The lowest BCUT2D eigenvalue weighted by molar-refractivity contribution is 0.0255. The number of aliphatic hydroxyl groups excluding tert-OH is 2. The van der Waals surface area contributed by atoms with Crippen LogP contribution in [0.4, 0.5) is 5.69 Å². The summed E-state index contributed by atoms with van der Waals surface area (Å²) < 4.78 is 5.45. The van der Waals surface area contributed by atoms with Gasteiger partial charge >= 0.3 is 0 Å². The molecule has 2 aromatic rings. The quantitative estimate of drug-likeness (QED) is 0.455. The molecule has 2 aliphatic rings. The van der Waals surface area contributed by atoms with Gasteiger partial charge in [-0.3, -0.25) is 4.98 Å². The SMILES string of the molecule is COc1ccc2ncc(N(C)C)c([C@H](O)CCC3(CO)CCN(CCSC4CCCC4)CC3)c2c1. The van der Waals surface area contributed by atoms with Gasteiger partial charge in [-0.25, -0.2) is 0 Å². The largest absolute Gasteiger partial charge is 0.497 e. The molecule has 4 rings (SSSR count). The van der Waals surface area contributed by atoms with Gasteiger partial charge in [0.1, 0.15) is 5.75 Å². The number of piperidine rings is 1. The summed E-state index contributed by atoms with van der Waals surface area (Å²) in [5.41, 5.74) is 2.57. The van der Waals surface area contributed by atoms with Crippen molar-refractivity contribution in [1.29, 1.82) is 0 Å². The Bertz CT molecular complexity index is 956. The number of rotatable bonds is 11. The monoisotopic (exact) mass is 501 g/mol. The first kappa shape index (κ1) is 26.5. The standard InChI is InChI=1S/C28H43N3O3S/c1-30(2)25-19-29-24-9-8-21(34-3)18-23(24)27(25)26(33)10-11-28(20-32)12-14-31(15-13-28)16-17-35-22-6-4-5-7-22/h8-9,18-19,22,26,32-33H,4-7,10-17,20H2,1-3H3/t26-/m1/s1. The molecule has 0 unspecified atom stereocenters. The smallest absolute Gasteiger partial charge is 0.119 e. The van der Waals surface area contributed by atoms with Gasteiger partial charge in [0, 0.05) is 49.2 Å². The average molecular weight is 502 g/mol. The Kier molecular flexibility index (Phi) is 9.19. The van der Waals surface area contributed by atoms with E-state index in [1.54, 1.807) is 7.11 Å². The Hall–Kier alpha value is -1.54. The van der Waals surface area contributed by atoms with Crippen LogP contribution >= 0.6 is 11.8 Å². The predicted molar refractivity (Wildman–Crippen MR) is 147 cm³/mol. The normalized spacial score (nSPS) is 19.8. The fourth-order valence-electron chi connectivity index (χ4n) is 5.74. The Morgan fingerprint density at radius 1 is 1.23 bits per heavy atom. The molecule has 0 bridgehead atoms. The van der Waals surface area contributed by atoms with E-state index in [9.17, 15) is 10.2 Å². The van der Waals surface area contributed by atoms with E-state index < -0.39 is 6.10 Å². The molecule has 1 saturated heterocycles. The lowest BCUT2D eigenvalue weighted by atomic mass is 9.74. The number of ether oxygens (including phenoxy) is 1. The topological polar surface area (TPSA) is 69.1 Å². The molecule has 1 aliphatic carbocycles. The van der Waals surface area contributed by atoms with Gasteiger partial charge < -0.3 is 24.7 Å². The van der Waals surface area contributed by atoms with Crippen molar-refractivity contribution in [2.45, 2.75) is 62.7 Å². The van der Waals surface area contributed by atoms with E-state index in [4.69, 9.17) is 4.74 Å². The predicted octanol–water partition coefficient (Wildman–Crippen LogP) is 4.87. The third kappa shape index (κ3) is 6.43. The fourth-order valence-corrected chi connectivity index (χ4v) is 7.11. The first-order chi connectivity index (χ1) is 16.9. The Labute approximate surface area is 215 Å². The van der Waals surface area contributed by atoms with Gasteiger partial charge in [-0.2, -0.15) is 11.8 Å². The average Bonchev–Trinajstić information content (AvgIpc) is 3.40. The molecular formula is C28H43N3O3S. The number of methoxy groups -OCH3 is 1. The second-order valence-electron chi connectivity index (χ2n) is 10.7. The summed E-state index contributed by atoms with van der Waals surface area (Å²) in [7, 11) is 5.62. The molecule has 7 heteroatoms. The number of fused-ring (bicyclic) bond motifs is 1. The van der Waals surface area contributed by atoms with E-state index in [1.807, 2.05) is 43.4 Å². The van der Waals surface area contributed by atoms with Crippen molar-refractivity contribution >= 4 is 28.4 Å². The van der Waals surface area contributed by atoms with Crippen molar-refractivity contribution in [1.82, 2.24) is 9.88 Å². The summed E-state index contributed by atoms with van der Waals surface area (Å²) in [6.07, 6.45) is 10.3. The lowest BCUT2D eigenvalue weighted by Crippen LogP contribution is -2.43. The van der Waals surface area contributed by atoms with Crippen LogP contribution in [0.3, 0.4) is 0 Å². The molecule has 2 N–H and O–H groups in total. The molecule has 1 aromatic carbocycles. The van der Waals surface area contributed by atoms with Gasteiger partial charge in [0.05, 0.1) is 30.6 Å². The van der Waals surface area contributed by atoms with Crippen molar-refractivity contribution in [2.75, 3.05) is 58.1 Å². The summed E-state index contributed by atoms with van der Waals surface area (Å²) >= 11 is 2.16. The highest BCUT2D eigenvalue weighted by Gasteiger charge is 2.35.